The Kier molecular flexibility index (Phi) is 9.31. The van der Waals surface area contributed by atoms with E-state index in [1.165, 1.54) is 16.8 Å². The Morgan fingerprint density at radius 1 is 1.06 bits per heavy atom. The smallest absolute Gasteiger partial charge is 0.161 e. The van der Waals surface area contributed by atoms with Crippen LogP contribution in [-0.2, 0) is 28.7 Å². The molecule has 3 aromatic carbocycles. The number of sulfone groups is 1. The van der Waals surface area contributed by atoms with Gasteiger partial charge in [0.05, 0.1) is 34.0 Å². The second-order valence-corrected chi connectivity index (χ2v) is 17.0. The molecule has 0 radical (unpaired) electrons. The lowest BCUT2D eigenvalue weighted by atomic mass is 9.75. The Hall–Kier alpha value is -3.58. The number of nitrogens with one attached hydrogen (secondary N) is 1. The van der Waals surface area contributed by atoms with Crippen molar-refractivity contribution in [2.75, 3.05) is 18.1 Å². The standard InChI is InChI=1S/C36H40F2N4O4S2/c1-35(2)13-6-14-36(3,23-8-5-7-22(17-23)31(44)20-43)34-40-33(42(4)41-34)27-18-24(9-10-28(27)37)47-32-26(12-16-48(45,46)21-35)25-11-15-39-30(25)19-29(32)38/h5,7-11,15,17-19,31,39,43-44H,6,12-14,16,20-21H2,1-4H3/t31-,36-/m1/s1. The van der Waals surface area contributed by atoms with Gasteiger partial charge in [-0.3, -0.25) is 0 Å². The van der Waals surface area contributed by atoms with Crippen LogP contribution < -0.4 is 0 Å². The van der Waals surface area contributed by atoms with Crippen molar-refractivity contribution in [1.82, 2.24) is 19.7 Å². The molecule has 0 unspecified atom stereocenters. The molecular weight excluding hydrogens is 655 g/mol. The number of nitrogens with zero attached hydrogens (tertiary/aromatic N) is 3. The number of aliphatic hydroxyl groups is 2. The summed E-state index contributed by atoms with van der Waals surface area (Å²) in [4.78, 5) is 8.80. The molecule has 5 aromatic rings. The van der Waals surface area contributed by atoms with Gasteiger partial charge in [0.25, 0.3) is 0 Å². The molecule has 6 rings (SSSR count). The van der Waals surface area contributed by atoms with E-state index < -0.39 is 45.0 Å². The van der Waals surface area contributed by atoms with Crippen molar-refractivity contribution in [1.29, 1.82) is 0 Å². The second kappa shape index (κ2) is 13.0. The fourth-order valence-corrected chi connectivity index (χ4v) is 9.82. The van der Waals surface area contributed by atoms with Crippen LogP contribution in [0.4, 0.5) is 8.78 Å². The van der Waals surface area contributed by atoms with Gasteiger partial charge in [-0.2, -0.15) is 5.10 Å². The van der Waals surface area contributed by atoms with E-state index >= 15 is 8.78 Å². The molecule has 2 aromatic heterocycles. The van der Waals surface area contributed by atoms with E-state index in [-0.39, 0.29) is 23.5 Å². The minimum atomic E-state index is -3.55. The van der Waals surface area contributed by atoms with E-state index in [1.54, 1.807) is 37.5 Å². The quantitative estimate of drug-likeness (QED) is 0.188. The Labute approximate surface area is 283 Å². The highest BCUT2D eigenvalue weighted by Crippen LogP contribution is 2.42. The largest absolute Gasteiger partial charge is 0.393 e. The maximum atomic E-state index is 15.7. The number of hydrogen-bond acceptors (Lipinski definition) is 7. The van der Waals surface area contributed by atoms with Crippen LogP contribution in [0.1, 0.15) is 68.7 Å². The van der Waals surface area contributed by atoms with Gasteiger partial charge in [0.15, 0.2) is 21.5 Å². The zero-order chi connectivity index (χ0) is 34.4. The maximum Gasteiger partial charge on any atom is 0.161 e. The number of aromatic nitrogens is 4. The Morgan fingerprint density at radius 3 is 2.62 bits per heavy atom. The van der Waals surface area contributed by atoms with Crippen LogP contribution in [0.3, 0.4) is 0 Å². The molecule has 0 saturated carbocycles. The highest BCUT2D eigenvalue weighted by Gasteiger charge is 2.36. The summed E-state index contributed by atoms with van der Waals surface area (Å²) in [7, 11) is -1.85. The van der Waals surface area contributed by atoms with E-state index in [2.05, 4.69) is 4.98 Å². The zero-order valence-corrected chi connectivity index (χ0v) is 29.1. The molecule has 48 heavy (non-hydrogen) atoms. The van der Waals surface area contributed by atoms with Crippen LogP contribution in [0.5, 0.6) is 0 Å². The van der Waals surface area contributed by atoms with Crippen LogP contribution in [0.15, 0.2) is 70.6 Å². The van der Waals surface area contributed by atoms with Gasteiger partial charge in [-0.05, 0) is 78.6 Å². The fourth-order valence-electron chi connectivity index (χ4n) is 6.79. The third-order valence-corrected chi connectivity index (χ3v) is 12.6. The van der Waals surface area contributed by atoms with Crippen molar-refractivity contribution in [2.45, 2.75) is 67.8 Å². The summed E-state index contributed by atoms with van der Waals surface area (Å²) in [6.07, 6.45) is 2.51. The molecule has 0 saturated heterocycles. The first-order valence-corrected chi connectivity index (χ1v) is 18.6. The third kappa shape index (κ3) is 6.80. The number of aromatic amines is 1. The molecule has 0 aliphatic carbocycles. The zero-order valence-electron chi connectivity index (χ0n) is 27.4. The number of hydrogen-bond donors (Lipinski definition) is 3. The topological polar surface area (TPSA) is 121 Å². The summed E-state index contributed by atoms with van der Waals surface area (Å²) in [6.45, 7) is 5.44. The summed E-state index contributed by atoms with van der Waals surface area (Å²) in [5, 5.41) is 25.6. The van der Waals surface area contributed by atoms with Crippen molar-refractivity contribution in [3.63, 3.8) is 0 Å². The van der Waals surface area contributed by atoms with E-state index in [4.69, 9.17) is 10.1 Å². The summed E-state index contributed by atoms with van der Waals surface area (Å²) in [5.74, 6) is -0.439. The van der Waals surface area contributed by atoms with Gasteiger partial charge in [0.2, 0.25) is 0 Å². The van der Waals surface area contributed by atoms with Gasteiger partial charge in [0.1, 0.15) is 17.7 Å². The van der Waals surface area contributed by atoms with Crippen molar-refractivity contribution in [3.8, 4) is 11.4 Å². The van der Waals surface area contributed by atoms with Crippen LogP contribution in [-0.4, -0.2) is 56.5 Å². The minimum Gasteiger partial charge on any atom is -0.393 e. The highest BCUT2D eigenvalue weighted by molar-refractivity contribution is 7.99. The summed E-state index contributed by atoms with van der Waals surface area (Å²) in [6, 6.07) is 15.0. The number of rotatable bonds is 3. The van der Waals surface area contributed by atoms with Crippen LogP contribution in [0.2, 0.25) is 0 Å². The number of fused-ring (bicyclic) bond motifs is 8. The molecule has 254 valence electrons. The normalized spacial score (nSPS) is 20.5. The number of aliphatic hydroxyl groups excluding tert-OH is 2. The van der Waals surface area contributed by atoms with E-state index in [0.717, 1.165) is 22.7 Å². The minimum absolute atomic E-state index is 0.0315. The van der Waals surface area contributed by atoms with Crippen molar-refractivity contribution in [2.24, 2.45) is 12.5 Å². The third-order valence-electron chi connectivity index (χ3n) is 9.41. The van der Waals surface area contributed by atoms with Gasteiger partial charge in [0, 0.05) is 29.0 Å². The molecule has 2 atom stereocenters. The van der Waals surface area contributed by atoms with Crippen molar-refractivity contribution >= 4 is 32.5 Å². The first-order chi connectivity index (χ1) is 22.7. The van der Waals surface area contributed by atoms with Gasteiger partial charge >= 0.3 is 0 Å². The molecule has 0 fully saturated rings. The number of aryl methyl sites for hydroxylation is 2. The molecule has 8 nitrogen and oxygen atoms in total. The Balaban J connectivity index is 1.52. The van der Waals surface area contributed by atoms with Crippen LogP contribution in [0.25, 0.3) is 22.3 Å². The van der Waals surface area contributed by atoms with Gasteiger partial charge in [-0.15, -0.1) is 0 Å². The Bertz CT molecular complexity index is 2090. The lowest BCUT2D eigenvalue weighted by molar-refractivity contribution is 0.0955. The molecule has 12 heteroatoms. The molecule has 1 aliphatic rings. The van der Waals surface area contributed by atoms with Crippen LogP contribution >= 0.6 is 11.8 Å². The first-order valence-electron chi connectivity index (χ1n) is 16.0. The SMILES string of the molecule is Cn1nc2nc1-c1cc(ccc1F)Sc1c(F)cc3[nH]ccc3c1CCS(=O)(=O)CC(C)(C)CCC[C@]2(C)c1cccc([C@H](O)CO)c1. The lowest BCUT2D eigenvalue weighted by Gasteiger charge is -2.31. The predicted molar refractivity (Wildman–Crippen MR) is 184 cm³/mol. The molecular formula is C36H40F2N4O4S2. The molecule has 0 spiro atoms. The summed E-state index contributed by atoms with van der Waals surface area (Å²) >= 11 is 1.13. The molecule has 3 heterocycles. The molecule has 3 N–H and O–H groups in total. The van der Waals surface area contributed by atoms with E-state index in [1.807, 2.05) is 39.0 Å². The number of halogens is 2. The fraction of sp³-hybridized carbons (Fsp3) is 0.389. The van der Waals surface area contributed by atoms with Gasteiger partial charge < -0.3 is 15.2 Å². The van der Waals surface area contributed by atoms with Gasteiger partial charge in [-0.1, -0.05) is 56.3 Å². The van der Waals surface area contributed by atoms with Gasteiger partial charge in [-0.25, -0.2) is 26.9 Å². The number of H-pyrrole nitrogens is 1. The average molecular weight is 695 g/mol. The molecule has 1 aliphatic heterocycles. The average Bonchev–Trinajstić information content (AvgIpc) is 3.66. The molecule has 4 bridgehead atoms. The predicted octanol–water partition coefficient (Wildman–Crippen LogP) is 6.89. The highest BCUT2D eigenvalue weighted by atomic mass is 32.2. The monoisotopic (exact) mass is 694 g/mol. The van der Waals surface area contributed by atoms with Crippen LogP contribution in [0, 0.1) is 17.0 Å². The van der Waals surface area contributed by atoms with E-state index in [9.17, 15) is 18.6 Å². The van der Waals surface area contributed by atoms with Crippen molar-refractivity contribution < 1.29 is 27.4 Å². The second-order valence-electron chi connectivity index (χ2n) is 13.7. The summed E-state index contributed by atoms with van der Waals surface area (Å²) in [5.41, 5.74) is 1.34. The lowest BCUT2D eigenvalue weighted by Crippen LogP contribution is -2.29. The molecule has 0 amide bonds. The van der Waals surface area contributed by atoms with E-state index in [0.29, 0.717) is 57.3 Å². The van der Waals surface area contributed by atoms with Crippen molar-refractivity contribution in [3.05, 3.63) is 94.9 Å². The number of benzene rings is 3. The maximum absolute atomic E-state index is 15.7. The Morgan fingerprint density at radius 2 is 1.85 bits per heavy atom. The first kappa shape index (κ1) is 34.3. The summed E-state index contributed by atoms with van der Waals surface area (Å²) < 4.78 is 60.1.